The fourth-order valence-electron chi connectivity index (χ4n) is 1.84. The van der Waals surface area contributed by atoms with E-state index in [1.165, 1.54) is 5.56 Å². The van der Waals surface area contributed by atoms with Crippen LogP contribution in [0.1, 0.15) is 17.0 Å². The minimum Gasteiger partial charge on any atom is -0.381 e. The SMILES string of the molecule is Cc1n[nH]c(C)c1CNc1ccc(NC(N)=O)cc1. The van der Waals surface area contributed by atoms with Gasteiger partial charge >= 0.3 is 6.03 Å². The lowest BCUT2D eigenvalue weighted by atomic mass is 10.2. The number of anilines is 2. The van der Waals surface area contributed by atoms with Gasteiger partial charge in [0.1, 0.15) is 0 Å². The molecule has 0 saturated carbocycles. The predicted octanol–water partition coefficient (Wildman–Crippen LogP) is 2.13. The largest absolute Gasteiger partial charge is 0.381 e. The van der Waals surface area contributed by atoms with Gasteiger partial charge in [0.2, 0.25) is 0 Å². The molecule has 0 spiro atoms. The van der Waals surface area contributed by atoms with Crippen LogP contribution in [0.2, 0.25) is 0 Å². The first-order chi connectivity index (χ1) is 9.06. The Labute approximate surface area is 111 Å². The van der Waals surface area contributed by atoms with Crippen molar-refractivity contribution in [3.8, 4) is 0 Å². The molecule has 100 valence electrons. The van der Waals surface area contributed by atoms with Gasteiger partial charge in [0.15, 0.2) is 0 Å². The highest BCUT2D eigenvalue weighted by Gasteiger charge is 2.05. The van der Waals surface area contributed by atoms with E-state index in [2.05, 4.69) is 20.8 Å². The van der Waals surface area contributed by atoms with Crippen LogP contribution in [-0.4, -0.2) is 16.2 Å². The lowest BCUT2D eigenvalue weighted by Crippen LogP contribution is -2.19. The van der Waals surface area contributed by atoms with E-state index < -0.39 is 6.03 Å². The Morgan fingerprint density at radius 2 is 1.89 bits per heavy atom. The summed E-state index contributed by atoms with van der Waals surface area (Å²) >= 11 is 0. The molecule has 6 nitrogen and oxygen atoms in total. The van der Waals surface area contributed by atoms with E-state index in [4.69, 9.17) is 5.73 Å². The lowest BCUT2D eigenvalue weighted by molar-refractivity contribution is 0.259. The summed E-state index contributed by atoms with van der Waals surface area (Å²) in [4.78, 5) is 10.7. The van der Waals surface area contributed by atoms with Crippen LogP contribution in [0.4, 0.5) is 16.2 Å². The zero-order chi connectivity index (χ0) is 13.8. The van der Waals surface area contributed by atoms with Crippen molar-refractivity contribution in [1.29, 1.82) is 0 Å². The van der Waals surface area contributed by atoms with Gasteiger partial charge in [-0.25, -0.2) is 4.79 Å². The Bertz CT molecular complexity index is 554. The molecule has 5 N–H and O–H groups in total. The highest BCUT2D eigenvalue weighted by molar-refractivity contribution is 5.87. The maximum Gasteiger partial charge on any atom is 0.316 e. The van der Waals surface area contributed by atoms with Crippen LogP contribution in [-0.2, 0) is 6.54 Å². The molecule has 0 fully saturated rings. The van der Waals surface area contributed by atoms with E-state index in [0.717, 1.165) is 17.1 Å². The summed E-state index contributed by atoms with van der Waals surface area (Å²) in [5, 5.41) is 12.9. The molecular weight excluding hydrogens is 242 g/mol. The van der Waals surface area contributed by atoms with Gasteiger partial charge in [-0.3, -0.25) is 5.10 Å². The minimum atomic E-state index is -0.564. The average Bonchev–Trinajstić information content (AvgIpc) is 2.68. The predicted molar refractivity (Wildman–Crippen MR) is 75.0 cm³/mol. The molecule has 0 aliphatic carbocycles. The van der Waals surface area contributed by atoms with Gasteiger partial charge in [-0.1, -0.05) is 0 Å². The number of H-pyrrole nitrogens is 1. The van der Waals surface area contributed by atoms with E-state index in [1.807, 2.05) is 26.0 Å². The van der Waals surface area contributed by atoms with Gasteiger partial charge in [0.05, 0.1) is 5.69 Å². The van der Waals surface area contributed by atoms with Crippen molar-refractivity contribution in [2.75, 3.05) is 10.6 Å². The molecule has 2 aromatic rings. The summed E-state index contributed by atoms with van der Waals surface area (Å²) in [7, 11) is 0. The molecule has 2 amide bonds. The second-order valence-electron chi connectivity index (χ2n) is 4.33. The zero-order valence-electron chi connectivity index (χ0n) is 10.9. The molecule has 1 aromatic carbocycles. The standard InChI is InChI=1S/C13H17N5O/c1-8-12(9(2)18-17-8)7-15-10-3-5-11(6-4-10)16-13(14)19/h3-6,15H,7H2,1-2H3,(H,17,18)(H3,14,16,19). The maximum absolute atomic E-state index is 10.7. The molecule has 0 unspecified atom stereocenters. The number of carbonyl (C=O) groups is 1. The first-order valence-electron chi connectivity index (χ1n) is 5.97. The summed E-state index contributed by atoms with van der Waals surface area (Å²) in [6.07, 6.45) is 0. The van der Waals surface area contributed by atoms with Gasteiger partial charge in [-0.05, 0) is 38.1 Å². The van der Waals surface area contributed by atoms with Gasteiger partial charge in [0.25, 0.3) is 0 Å². The summed E-state index contributed by atoms with van der Waals surface area (Å²) in [6.45, 7) is 4.67. The second-order valence-corrected chi connectivity index (χ2v) is 4.33. The first kappa shape index (κ1) is 12.9. The van der Waals surface area contributed by atoms with Gasteiger partial charge in [0, 0.05) is 29.2 Å². The molecule has 0 atom stereocenters. The van der Waals surface area contributed by atoms with Crippen LogP contribution < -0.4 is 16.4 Å². The fraction of sp³-hybridized carbons (Fsp3) is 0.231. The van der Waals surface area contributed by atoms with Crippen LogP contribution in [0.3, 0.4) is 0 Å². The van der Waals surface area contributed by atoms with Crippen molar-refractivity contribution in [2.45, 2.75) is 20.4 Å². The summed E-state index contributed by atoms with van der Waals surface area (Å²) < 4.78 is 0. The third kappa shape index (κ3) is 3.25. The Balaban J connectivity index is 1.98. The number of aryl methyl sites for hydroxylation is 2. The Kier molecular flexibility index (Phi) is 3.70. The van der Waals surface area contributed by atoms with Crippen LogP contribution in [0.15, 0.2) is 24.3 Å². The zero-order valence-corrected chi connectivity index (χ0v) is 10.9. The number of primary amides is 1. The molecule has 0 aliphatic rings. The number of nitrogens with zero attached hydrogens (tertiary/aromatic N) is 1. The van der Waals surface area contributed by atoms with E-state index >= 15 is 0 Å². The number of nitrogens with one attached hydrogen (secondary N) is 3. The Hall–Kier alpha value is -2.50. The lowest BCUT2D eigenvalue weighted by Gasteiger charge is -2.08. The molecule has 0 aliphatic heterocycles. The number of hydrogen-bond donors (Lipinski definition) is 4. The van der Waals surface area contributed by atoms with E-state index in [-0.39, 0.29) is 0 Å². The number of hydrogen-bond acceptors (Lipinski definition) is 3. The molecule has 1 aromatic heterocycles. The van der Waals surface area contributed by atoms with Crippen molar-refractivity contribution in [1.82, 2.24) is 10.2 Å². The molecule has 6 heteroatoms. The number of aromatic amines is 1. The minimum absolute atomic E-state index is 0.564. The van der Waals surface area contributed by atoms with Crippen LogP contribution in [0.25, 0.3) is 0 Å². The second kappa shape index (κ2) is 5.43. The van der Waals surface area contributed by atoms with Gasteiger partial charge in [-0.2, -0.15) is 5.10 Å². The molecule has 19 heavy (non-hydrogen) atoms. The third-order valence-corrected chi connectivity index (χ3v) is 2.90. The number of benzene rings is 1. The van der Waals surface area contributed by atoms with Gasteiger partial charge < -0.3 is 16.4 Å². The smallest absolute Gasteiger partial charge is 0.316 e. The Morgan fingerprint density at radius 3 is 2.42 bits per heavy atom. The highest BCUT2D eigenvalue weighted by Crippen LogP contribution is 2.16. The van der Waals surface area contributed by atoms with Crippen molar-refractivity contribution in [2.24, 2.45) is 5.73 Å². The average molecular weight is 259 g/mol. The molecule has 0 bridgehead atoms. The quantitative estimate of drug-likeness (QED) is 0.677. The molecule has 0 saturated heterocycles. The highest BCUT2D eigenvalue weighted by atomic mass is 16.2. The van der Waals surface area contributed by atoms with Crippen molar-refractivity contribution < 1.29 is 4.79 Å². The summed E-state index contributed by atoms with van der Waals surface area (Å²) in [5.41, 5.74) is 9.91. The number of nitrogens with two attached hydrogens (primary N) is 1. The topological polar surface area (TPSA) is 95.8 Å². The molecular formula is C13H17N5O. The van der Waals surface area contributed by atoms with Crippen LogP contribution >= 0.6 is 0 Å². The summed E-state index contributed by atoms with van der Waals surface area (Å²) in [6, 6.07) is 6.79. The third-order valence-electron chi connectivity index (χ3n) is 2.90. The monoisotopic (exact) mass is 259 g/mol. The number of carbonyl (C=O) groups excluding carboxylic acids is 1. The van der Waals surface area contributed by atoms with E-state index in [0.29, 0.717) is 12.2 Å². The fourth-order valence-corrected chi connectivity index (χ4v) is 1.84. The molecule has 2 rings (SSSR count). The number of amides is 2. The Morgan fingerprint density at radius 1 is 1.26 bits per heavy atom. The summed E-state index contributed by atoms with van der Waals surface area (Å²) in [5.74, 6) is 0. The van der Waals surface area contributed by atoms with Crippen molar-refractivity contribution >= 4 is 17.4 Å². The first-order valence-corrected chi connectivity index (χ1v) is 5.97. The van der Waals surface area contributed by atoms with Crippen molar-refractivity contribution in [3.63, 3.8) is 0 Å². The maximum atomic E-state index is 10.7. The van der Waals surface area contributed by atoms with Gasteiger partial charge in [-0.15, -0.1) is 0 Å². The van der Waals surface area contributed by atoms with Crippen LogP contribution in [0.5, 0.6) is 0 Å². The van der Waals surface area contributed by atoms with E-state index in [1.54, 1.807) is 12.1 Å². The number of rotatable bonds is 4. The number of aromatic nitrogens is 2. The van der Waals surface area contributed by atoms with Crippen molar-refractivity contribution in [3.05, 3.63) is 41.2 Å². The van der Waals surface area contributed by atoms with E-state index in [9.17, 15) is 4.79 Å². The molecule has 1 heterocycles. The van der Waals surface area contributed by atoms with Crippen LogP contribution in [0, 0.1) is 13.8 Å². The normalized spacial score (nSPS) is 10.2. The number of urea groups is 1. The molecule has 0 radical (unpaired) electrons.